The summed E-state index contributed by atoms with van der Waals surface area (Å²) >= 11 is 0. The van der Waals surface area contributed by atoms with Gasteiger partial charge in [0.15, 0.2) is 0 Å². The summed E-state index contributed by atoms with van der Waals surface area (Å²) in [6.07, 6.45) is 11.9. The molecule has 0 spiro atoms. The van der Waals surface area contributed by atoms with Crippen LogP contribution in [0.1, 0.15) is 50.7 Å². The molecule has 0 saturated heterocycles. The molecule has 0 amide bonds. The van der Waals surface area contributed by atoms with Gasteiger partial charge in [0.2, 0.25) is 0 Å². The fourth-order valence-corrected chi connectivity index (χ4v) is 3.04. The molecule has 27 heavy (non-hydrogen) atoms. The summed E-state index contributed by atoms with van der Waals surface area (Å²) in [6.45, 7) is 4.27. The van der Waals surface area contributed by atoms with Crippen LogP contribution in [0.2, 0.25) is 0 Å². The van der Waals surface area contributed by atoms with Crippen LogP contribution in [0.15, 0.2) is 36.4 Å². The van der Waals surface area contributed by atoms with E-state index >= 15 is 0 Å². The second-order valence-corrected chi connectivity index (χ2v) is 6.33. The van der Waals surface area contributed by atoms with Crippen molar-refractivity contribution in [2.24, 2.45) is 11.8 Å². The molecule has 5 nitrogen and oxygen atoms in total. The van der Waals surface area contributed by atoms with E-state index in [1.54, 1.807) is 13.0 Å². The van der Waals surface area contributed by atoms with E-state index in [2.05, 4.69) is 25.2 Å². The monoisotopic (exact) mass is 364 g/mol. The van der Waals surface area contributed by atoms with E-state index in [4.69, 9.17) is 9.47 Å². The van der Waals surface area contributed by atoms with Crippen LogP contribution in [0.3, 0.4) is 0 Å². The van der Waals surface area contributed by atoms with Crippen LogP contribution in [0.4, 0.5) is 0 Å². The first-order valence-corrected chi connectivity index (χ1v) is 9.29. The van der Waals surface area contributed by atoms with Gasteiger partial charge in [0, 0.05) is 0 Å². The third-order valence-corrected chi connectivity index (χ3v) is 4.47. The lowest BCUT2D eigenvalue weighted by molar-refractivity contribution is -0.137. The van der Waals surface area contributed by atoms with Crippen LogP contribution >= 0.6 is 0 Å². The maximum atomic E-state index is 12.5. The smallest absolute Gasteiger partial charge is 0.318 e. The molecule has 0 saturated carbocycles. The number of allylic oxidation sites excluding steroid dienone is 3. The van der Waals surface area contributed by atoms with Gasteiger partial charge in [0.25, 0.3) is 0 Å². The summed E-state index contributed by atoms with van der Waals surface area (Å²) in [7, 11) is 0. The molecule has 0 aromatic heterocycles. The van der Waals surface area contributed by atoms with E-state index in [0.29, 0.717) is 24.7 Å². The lowest BCUT2D eigenvalue weighted by atomic mass is 9.86. The number of esters is 1. The molecule has 2 rings (SSSR count). The Morgan fingerprint density at radius 3 is 2.41 bits per heavy atom. The highest BCUT2D eigenvalue weighted by molar-refractivity contribution is 5.78. The van der Waals surface area contributed by atoms with Crippen molar-refractivity contribution in [3.8, 4) is 23.6 Å². The van der Waals surface area contributed by atoms with E-state index < -0.39 is 5.97 Å². The van der Waals surface area contributed by atoms with Crippen molar-refractivity contribution in [3.63, 3.8) is 0 Å². The highest BCUT2D eigenvalue weighted by atomic mass is 16.5. The summed E-state index contributed by atoms with van der Waals surface area (Å²) in [5.74, 6) is 0.126. The van der Waals surface area contributed by atoms with E-state index in [0.717, 1.165) is 19.3 Å². The fraction of sp³-hybridized carbons (Fsp3) is 0.409. The van der Waals surface area contributed by atoms with Gasteiger partial charge in [-0.15, -0.1) is 0 Å². The Balaban J connectivity index is 2.10. The lowest BCUT2D eigenvalue weighted by Crippen LogP contribution is -2.22. The van der Waals surface area contributed by atoms with Gasteiger partial charge in [-0.2, -0.15) is 10.5 Å². The third-order valence-electron chi connectivity index (χ3n) is 4.47. The van der Waals surface area contributed by atoms with Crippen LogP contribution in [-0.2, 0) is 4.79 Å². The molecular weight excluding hydrogens is 340 g/mol. The minimum Gasteiger partial charge on any atom is -0.492 e. The highest BCUT2D eigenvalue weighted by Gasteiger charge is 2.25. The van der Waals surface area contributed by atoms with E-state index in [1.807, 2.05) is 18.2 Å². The maximum absolute atomic E-state index is 12.5. The van der Waals surface area contributed by atoms with Crippen molar-refractivity contribution in [3.05, 3.63) is 47.6 Å². The van der Waals surface area contributed by atoms with Crippen molar-refractivity contribution < 1.29 is 14.3 Å². The molecule has 0 bridgehead atoms. The van der Waals surface area contributed by atoms with Gasteiger partial charge < -0.3 is 9.47 Å². The number of hydrogen-bond donors (Lipinski definition) is 0. The molecule has 2 atom stereocenters. The summed E-state index contributed by atoms with van der Waals surface area (Å²) < 4.78 is 10.8. The number of benzene rings is 1. The van der Waals surface area contributed by atoms with Crippen molar-refractivity contribution in [1.29, 1.82) is 10.5 Å². The molecule has 0 aliphatic heterocycles. The quantitative estimate of drug-likeness (QED) is 0.399. The van der Waals surface area contributed by atoms with Gasteiger partial charge in [-0.3, -0.25) is 4.79 Å². The molecule has 1 aromatic carbocycles. The van der Waals surface area contributed by atoms with Crippen LogP contribution in [0, 0.1) is 34.5 Å². The zero-order valence-corrected chi connectivity index (χ0v) is 15.8. The van der Waals surface area contributed by atoms with Gasteiger partial charge in [0.1, 0.15) is 34.8 Å². The predicted octanol–water partition coefficient (Wildman–Crippen LogP) is 4.67. The number of nitriles is 2. The van der Waals surface area contributed by atoms with Gasteiger partial charge in [-0.05, 0) is 50.7 Å². The Labute approximate surface area is 160 Å². The summed E-state index contributed by atoms with van der Waals surface area (Å²) in [6, 6.07) is 6.98. The second-order valence-electron chi connectivity index (χ2n) is 6.33. The van der Waals surface area contributed by atoms with Crippen molar-refractivity contribution in [2.75, 3.05) is 6.61 Å². The van der Waals surface area contributed by atoms with Crippen LogP contribution in [0.5, 0.6) is 11.5 Å². The Kier molecular flexibility index (Phi) is 7.64. The topological polar surface area (TPSA) is 83.1 Å². The number of rotatable bonds is 7. The minimum absolute atomic E-state index is 0.0270. The van der Waals surface area contributed by atoms with Crippen LogP contribution in [-0.4, -0.2) is 12.6 Å². The zero-order chi connectivity index (χ0) is 19.6. The first kappa shape index (κ1) is 20.3. The highest BCUT2D eigenvalue weighted by Crippen LogP contribution is 2.31. The molecule has 1 aromatic rings. The summed E-state index contributed by atoms with van der Waals surface area (Å²) in [4.78, 5) is 12.5. The van der Waals surface area contributed by atoms with Crippen molar-refractivity contribution in [1.82, 2.24) is 0 Å². The number of carbonyl (C=O) groups is 1. The molecule has 0 radical (unpaired) electrons. The molecule has 0 fully saturated rings. The maximum Gasteiger partial charge on any atom is 0.318 e. The van der Waals surface area contributed by atoms with Crippen LogP contribution in [0.25, 0.3) is 0 Å². The van der Waals surface area contributed by atoms with Gasteiger partial charge in [-0.1, -0.05) is 31.2 Å². The third kappa shape index (κ3) is 5.21. The largest absolute Gasteiger partial charge is 0.492 e. The number of ether oxygens (including phenoxy) is 2. The SMILES string of the molecule is CC/C=C/CC1C=CC(C(=O)Oc2ccc(OCC)c(C#N)c2C#N)CC1. The summed E-state index contributed by atoms with van der Waals surface area (Å²) in [5, 5.41) is 18.8. The second kappa shape index (κ2) is 10.2. The molecule has 0 N–H and O–H groups in total. The summed E-state index contributed by atoms with van der Waals surface area (Å²) in [5.41, 5.74) is 0.116. The van der Waals surface area contributed by atoms with Gasteiger partial charge in [-0.25, -0.2) is 0 Å². The molecular formula is C22H24N2O3. The normalized spacial score (nSPS) is 18.7. The van der Waals surface area contributed by atoms with Crippen molar-refractivity contribution >= 4 is 5.97 Å². The van der Waals surface area contributed by atoms with Gasteiger partial charge in [0.05, 0.1) is 12.5 Å². The molecule has 1 aliphatic rings. The number of nitrogens with zero attached hydrogens (tertiary/aromatic N) is 2. The Morgan fingerprint density at radius 1 is 1.11 bits per heavy atom. The molecule has 2 unspecified atom stereocenters. The number of carbonyl (C=O) groups excluding carboxylic acids is 1. The Hall–Kier alpha value is -3.05. The molecule has 1 aliphatic carbocycles. The lowest BCUT2D eigenvalue weighted by Gasteiger charge is -2.21. The number of hydrogen-bond acceptors (Lipinski definition) is 5. The van der Waals surface area contributed by atoms with Gasteiger partial charge >= 0.3 is 5.97 Å². The standard InChI is InChI=1S/C22H24N2O3/c1-3-5-6-7-16-8-10-17(11-9-16)22(25)27-21-13-12-20(26-4-2)18(14-23)19(21)15-24/h5-6,8,10,12-13,16-17H,3-4,7,9,11H2,1-2H3/b6-5+. The van der Waals surface area contributed by atoms with Crippen molar-refractivity contribution in [2.45, 2.75) is 39.5 Å². The average molecular weight is 364 g/mol. The van der Waals surface area contributed by atoms with E-state index in [-0.39, 0.29) is 22.8 Å². The van der Waals surface area contributed by atoms with E-state index in [1.165, 1.54) is 6.07 Å². The van der Waals surface area contributed by atoms with Crippen LogP contribution < -0.4 is 9.47 Å². The Bertz CT molecular complexity index is 812. The van der Waals surface area contributed by atoms with E-state index in [9.17, 15) is 15.3 Å². The molecule has 0 heterocycles. The molecule has 140 valence electrons. The first-order valence-electron chi connectivity index (χ1n) is 9.29. The predicted molar refractivity (Wildman–Crippen MR) is 102 cm³/mol. The Morgan fingerprint density at radius 2 is 1.81 bits per heavy atom. The first-order chi connectivity index (χ1) is 13.1. The zero-order valence-electron chi connectivity index (χ0n) is 15.8. The minimum atomic E-state index is -0.404. The fourth-order valence-electron chi connectivity index (χ4n) is 3.04. The molecule has 5 heteroatoms. The average Bonchev–Trinajstić information content (AvgIpc) is 2.69.